The molecule has 1 unspecified atom stereocenters. The number of amides is 2. The van der Waals surface area contributed by atoms with E-state index in [9.17, 15) is 18.0 Å². The van der Waals surface area contributed by atoms with Crippen LogP contribution in [0.4, 0.5) is 5.69 Å². The molecule has 0 aromatic heterocycles. The molecule has 0 bridgehead atoms. The molecule has 1 atom stereocenters. The number of methoxy groups -OCH3 is 1. The monoisotopic (exact) mass is 639 g/mol. The number of halogens is 3. The van der Waals surface area contributed by atoms with Crippen molar-refractivity contribution < 1.29 is 22.7 Å². The number of anilines is 1. The molecule has 8 nitrogen and oxygen atoms in total. The largest absolute Gasteiger partial charge is 0.495 e. The quantitative estimate of drug-likeness (QED) is 0.263. The van der Waals surface area contributed by atoms with E-state index in [-0.39, 0.29) is 35.3 Å². The second-order valence-corrected chi connectivity index (χ2v) is 12.5. The molecular weight excluding hydrogens is 609 g/mol. The van der Waals surface area contributed by atoms with Gasteiger partial charge >= 0.3 is 0 Å². The maximum Gasteiger partial charge on any atom is 0.244 e. The van der Waals surface area contributed by atoms with Crippen molar-refractivity contribution in [1.82, 2.24) is 10.2 Å². The minimum absolute atomic E-state index is 0.0733. The number of nitrogens with zero attached hydrogens (tertiary/aromatic N) is 2. The summed E-state index contributed by atoms with van der Waals surface area (Å²) in [6.45, 7) is 1.64. The Labute approximate surface area is 256 Å². The van der Waals surface area contributed by atoms with Crippen molar-refractivity contribution >= 4 is 62.3 Å². The zero-order chi connectivity index (χ0) is 30.2. The molecule has 220 valence electrons. The molecule has 0 radical (unpaired) electrons. The Balaban J connectivity index is 2.11. The summed E-state index contributed by atoms with van der Waals surface area (Å²) >= 11 is 18.8. The summed E-state index contributed by atoms with van der Waals surface area (Å²) in [5, 5.41) is 3.86. The summed E-state index contributed by atoms with van der Waals surface area (Å²) in [7, 11) is -2.61. The van der Waals surface area contributed by atoms with Gasteiger partial charge in [-0.1, -0.05) is 78.1 Å². The lowest BCUT2D eigenvalue weighted by Gasteiger charge is -2.34. The Morgan fingerprint density at radius 2 is 1.63 bits per heavy atom. The Kier molecular flexibility index (Phi) is 11.7. The molecule has 3 rings (SSSR count). The zero-order valence-electron chi connectivity index (χ0n) is 22.9. The number of ether oxygens (including phenoxy) is 1. The highest BCUT2D eigenvalue weighted by molar-refractivity contribution is 7.92. The van der Waals surface area contributed by atoms with Gasteiger partial charge in [0.25, 0.3) is 0 Å². The van der Waals surface area contributed by atoms with Crippen LogP contribution in [-0.2, 0) is 32.6 Å². The fourth-order valence-corrected chi connectivity index (χ4v) is 5.69. The van der Waals surface area contributed by atoms with Crippen LogP contribution in [0.5, 0.6) is 5.75 Å². The van der Waals surface area contributed by atoms with Gasteiger partial charge in [-0.15, -0.1) is 0 Å². The van der Waals surface area contributed by atoms with Crippen LogP contribution in [0.1, 0.15) is 24.5 Å². The van der Waals surface area contributed by atoms with Crippen LogP contribution in [0, 0.1) is 0 Å². The maximum atomic E-state index is 14.1. The van der Waals surface area contributed by atoms with Crippen molar-refractivity contribution in [3.8, 4) is 5.75 Å². The second kappa shape index (κ2) is 14.8. The highest BCUT2D eigenvalue weighted by Gasteiger charge is 2.34. The van der Waals surface area contributed by atoms with Crippen LogP contribution in [-0.4, -0.2) is 57.6 Å². The summed E-state index contributed by atoms with van der Waals surface area (Å²) in [6.07, 6.45) is 1.86. The van der Waals surface area contributed by atoms with Gasteiger partial charge in [-0.25, -0.2) is 8.42 Å². The molecule has 0 aliphatic heterocycles. The van der Waals surface area contributed by atoms with Gasteiger partial charge in [0.2, 0.25) is 21.8 Å². The first-order valence-corrected chi connectivity index (χ1v) is 15.8. The highest BCUT2D eigenvalue weighted by Crippen LogP contribution is 2.33. The van der Waals surface area contributed by atoms with Crippen molar-refractivity contribution in [2.75, 3.05) is 30.8 Å². The van der Waals surface area contributed by atoms with E-state index in [0.29, 0.717) is 28.6 Å². The number of hydrogen-bond acceptors (Lipinski definition) is 5. The van der Waals surface area contributed by atoms with Crippen LogP contribution in [0.25, 0.3) is 0 Å². The molecule has 0 fully saturated rings. The number of benzene rings is 3. The number of carbonyl (C=O) groups is 2. The van der Waals surface area contributed by atoms with Crippen LogP contribution < -0.4 is 14.4 Å². The fourth-order valence-electron chi connectivity index (χ4n) is 4.21. The Morgan fingerprint density at radius 3 is 2.24 bits per heavy atom. The second-order valence-electron chi connectivity index (χ2n) is 9.34. The van der Waals surface area contributed by atoms with Crippen LogP contribution in [0.3, 0.4) is 0 Å². The third kappa shape index (κ3) is 9.00. The molecular formula is C29H32Cl3N3O5S. The minimum Gasteiger partial charge on any atom is -0.495 e. The van der Waals surface area contributed by atoms with E-state index >= 15 is 0 Å². The lowest BCUT2D eigenvalue weighted by Crippen LogP contribution is -2.53. The average molecular weight is 641 g/mol. The molecule has 3 aromatic carbocycles. The number of nitrogens with one attached hydrogen (secondary N) is 1. The smallest absolute Gasteiger partial charge is 0.244 e. The molecule has 2 amide bonds. The Morgan fingerprint density at radius 1 is 0.976 bits per heavy atom. The molecule has 0 saturated carbocycles. The zero-order valence-corrected chi connectivity index (χ0v) is 26.0. The van der Waals surface area contributed by atoms with Gasteiger partial charge in [0.1, 0.15) is 18.3 Å². The van der Waals surface area contributed by atoms with Gasteiger partial charge in [0.05, 0.1) is 19.1 Å². The predicted octanol–water partition coefficient (Wildman–Crippen LogP) is 5.59. The molecule has 0 aliphatic rings. The summed E-state index contributed by atoms with van der Waals surface area (Å²) in [6, 6.07) is 17.6. The SMILES string of the molecule is CCCNC(=O)C(Cc1ccccc1)N(Cc1ccc(Cl)cc1Cl)C(=O)CN(c1cc(Cl)ccc1OC)S(C)(=O)=O. The summed E-state index contributed by atoms with van der Waals surface area (Å²) in [5.74, 6) is -0.794. The van der Waals surface area contributed by atoms with Gasteiger partial charge in [-0.2, -0.15) is 0 Å². The molecule has 3 aromatic rings. The summed E-state index contributed by atoms with van der Waals surface area (Å²) < 4.78 is 32.3. The van der Waals surface area contributed by atoms with Gasteiger partial charge in [-0.3, -0.25) is 13.9 Å². The van der Waals surface area contributed by atoms with E-state index < -0.39 is 28.5 Å². The summed E-state index contributed by atoms with van der Waals surface area (Å²) in [4.78, 5) is 29.0. The Bertz CT molecular complexity index is 1470. The van der Waals surface area contributed by atoms with Crippen molar-refractivity contribution in [2.24, 2.45) is 0 Å². The van der Waals surface area contributed by atoms with Crippen LogP contribution in [0.15, 0.2) is 66.7 Å². The van der Waals surface area contributed by atoms with Gasteiger partial charge in [0, 0.05) is 34.6 Å². The highest BCUT2D eigenvalue weighted by atomic mass is 35.5. The minimum atomic E-state index is -4.00. The lowest BCUT2D eigenvalue weighted by molar-refractivity contribution is -0.140. The molecule has 1 N–H and O–H groups in total. The van der Waals surface area contributed by atoms with Crippen LogP contribution >= 0.6 is 34.8 Å². The molecule has 0 aliphatic carbocycles. The van der Waals surface area contributed by atoms with E-state index in [2.05, 4.69) is 5.32 Å². The maximum absolute atomic E-state index is 14.1. The van der Waals surface area contributed by atoms with Crippen LogP contribution in [0.2, 0.25) is 15.1 Å². The summed E-state index contributed by atoms with van der Waals surface area (Å²) in [5.41, 5.74) is 1.45. The fraction of sp³-hybridized carbons (Fsp3) is 0.310. The van der Waals surface area contributed by atoms with Crippen molar-refractivity contribution in [2.45, 2.75) is 32.4 Å². The molecule has 0 saturated heterocycles. The van der Waals surface area contributed by atoms with Gasteiger partial charge < -0.3 is 15.0 Å². The van der Waals surface area contributed by atoms with E-state index in [0.717, 1.165) is 16.1 Å². The molecule has 0 heterocycles. The first-order valence-electron chi connectivity index (χ1n) is 12.8. The molecule has 0 spiro atoms. The number of sulfonamides is 1. The van der Waals surface area contributed by atoms with Crippen molar-refractivity contribution in [3.63, 3.8) is 0 Å². The topological polar surface area (TPSA) is 96.0 Å². The van der Waals surface area contributed by atoms with Crippen molar-refractivity contribution in [3.05, 3.63) is 92.9 Å². The average Bonchev–Trinajstić information content (AvgIpc) is 2.93. The van der Waals surface area contributed by atoms with Crippen molar-refractivity contribution in [1.29, 1.82) is 0 Å². The predicted molar refractivity (Wildman–Crippen MR) is 164 cm³/mol. The van der Waals surface area contributed by atoms with E-state index in [1.807, 2.05) is 37.3 Å². The third-order valence-corrected chi connectivity index (χ3v) is 8.21. The lowest BCUT2D eigenvalue weighted by atomic mass is 10.0. The molecule has 12 heteroatoms. The third-order valence-electron chi connectivity index (χ3n) is 6.26. The normalized spacial score (nSPS) is 12.0. The number of hydrogen-bond donors (Lipinski definition) is 1. The molecule has 41 heavy (non-hydrogen) atoms. The first-order chi connectivity index (χ1) is 19.4. The van der Waals surface area contributed by atoms with Gasteiger partial charge in [-0.05, 0) is 47.9 Å². The Hall–Kier alpha value is -2.98. The number of rotatable bonds is 13. The number of carbonyl (C=O) groups excluding carboxylic acids is 2. The first kappa shape index (κ1) is 32.5. The van der Waals surface area contributed by atoms with E-state index in [1.165, 1.54) is 24.1 Å². The standard InChI is InChI=1S/C29H32Cl3N3O5S/c1-4-14-33-29(37)26(15-20-8-6-5-7-9-20)34(18-21-10-11-22(30)16-24(21)32)28(36)19-35(41(3,38)39)25-17-23(31)12-13-27(25)40-2/h5-13,16-17,26H,4,14-15,18-19H2,1-3H3,(H,33,37). The van der Waals surface area contributed by atoms with E-state index in [1.54, 1.807) is 24.3 Å². The van der Waals surface area contributed by atoms with E-state index in [4.69, 9.17) is 39.5 Å². The van der Waals surface area contributed by atoms with Gasteiger partial charge in [0.15, 0.2) is 0 Å².